The Hall–Kier alpha value is -1.96. The van der Waals surface area contributed by atoms with Gasteiger partial charge in [0.1, 0.15) is 17.5 Å². The summed E-state index contributed by atoms with van der Waals surface area (Å²) in [6.07, 6.45) is 2.31. The third kappa shape index (κ3) is 6.09. The molecule has 0 radical (unpaired) electrons. The molecular formula is C21H30ClN3O. The lowest BCUT2D eigenvalue weighted by atomic mass is 10.1. The number of ether oxygens (including phenoxy) is 1. The highest BCUT2D eigenvalue weighted by Gasteiger charge is 2.10. The molecule has 4 nitrogen and oxygen atoms in total. The van der Waals surface area contributed by atoms with E-state index in [1.165, 1.54) is 11.1 Å². The fourth-order valence-corrected chi connectivity index (χ4v) is 2.82. The van der Waals surface area contributed by atoms with E-state index in [0.29, 0.717) is 11.7 Å². The summed E-state index contributed by atoms with van der Waals surface area (Å²) in [7, 11) is 1.94. The van der Waals surface area contributed by atoms with Crippen LogP contribution in [-0.2, 0) is 20.0 Å². The van der Waals surface area contributed by atoms with E-state index in [2.05, 4.69) is 37.4 Å². The molecule has 0 aliphatic carbocycles. The van der Waals surface area contributed by atoms with Crippen molar-refractivity contribution in [3.05, 3.63) is 52.8 Å². The second kappa shape index (κ2) is 10.3. The van der Waals surface area contributed by atoms with Gasteiger partial charge in [-0.25, -0.2) is 0 Å². The van der Waals surface area contributed by atoms with Crippen LogP contribution in [0.2, 0.25) is 0 Å². The van der Waals surface area contributed by atoms with Crippen LogP contribution >= 0.6 is 12.4 Å². The Labute approximate surface area is 163 Å². The van der Waals surface area contributed by atoms with Gasteiger partial charge in [-0.3, -0.25) is 0 Å². The Balaban J connectivity index is 0.00000338. The van der Waals surface area contributed by atoms with Crippen molar-refractivity contribution in [2.24, 2.45) is 7.05 Å². The summed E-state index contributed by atoms with van der Waals surface area (Å²) >= 11 is 0. The molecule has 1 atom stereocenters. The van der Waals surface area contributed by atoms with E-state index in [0.717, 1.165) is 30.8 Å². The van der Waals surface area contributed by atoms with Crippen molar-refractivity contribution in [1.29, 1.82) is 5.26 Å². The zero-order valence-corrected chi connectivity index (χ0v) is 17.2. The molecular weight excluding hydrogens is 346 g/mol. The fraction of sp³-hybridized carbons (Fsp3) is 0.476. The van der Waals surface area contributed by atoms with E-state index in [-0.39, 0.29) is 18.5 Å². The normalized spacial score (nSPS) is 11.7. The molecule has 0 bridgehead atoms. The van der Waals surface area contributed by atoms with Gasteiger partial charge in [0, 0.05) is 25.3 Å². The predicted octanol–water partition coefficient (Wildman–Crippen LogP) is 4.53. The highest BCUT2D eigenvalue weighted by atomic mass is 35.5. The highest BCUT2D eigenvalue weighted by Crippen LogP contribution is 2.16. The number of rotatable bonds is 8. The van der Waals surface area contributed by atoms with Crippen molar-refractivity contribution >= 4 is 12.4 Å². The Morgan fingerprint density at radius 1 is 1.19 bits per heavy atom. The number of hydrogen-bond donors (Lipinski definition) is 1. The van der Waals surface area contributed by atoms with Crippen molar-refractivity contribution < 1.29 is 4.74 Å². The van der Waals surface area contributed by atoms with Gasteiger partial charge in [0.25, 0.3) is 0 Å². The zero-order valence-electron chi connectivity index (χ0n) is 16.4. The summed E-state index contributed by atoms with van der Waals surface area (Å²) < 4.78 is 7.62. The molecule has 0 saturated heterocycles. The number of aryl methyl sites for hydroxylation is 1. The van der Waals surface area contributed by atoms with Gasteiger partial charge in [0.15, 0.2) is 0 Å². The lowest BCUT2D eigenvalue weighted by molar-refractivity contribution is 0.242. The van der Waals surface area contributed by atoms with Crippen LogP contribution in [0.4, 0.5) is 0 Å². The zero-order chi connectivity index (χ0) is 18.4. The first-order valence-electron chi connectivity index (χ1n) is 8.95. The molecule has 2 rings (SSSR count). The molecule has 0 aliphatic rings. The van der Waals surface area contributed by atoms with E-state index in [1.54, 1.807) is 0 Å². The van der Waals surface area contributed by atoms with Crippen LogP contribution in [0.1, 0.15) is 49.7 Å². The summed E-state index contributed by atoms with van der Waals surface area (Å²) in [5.41, 5.74) is 4.39. The van der Waals surface area contributed by atoms with Gasteiger partial charge in [-0.1, -0.05) is 12.1 Å². The van der Waals surface area contributed by atoms with Crippen molar-refractivity contribution in [3.63, 3.8) is 0 Å². The third-order valence-corrected chi connectivity index (χ3v) is 4.56. The number of aromatic nitrogens is 1. The number of nitrogens with one attached hydrogen (secondary N) is 1. The van der Waals surface area contributed by atoms with Crippen LogP contribution in [0.3, 0.4) is 0 Å². The lowest BCUT2D eigenvalue weighted by Crippen LogP contribution is -2.26. The average molecular weight is 376 g/mol. The molecule has 0 aliphatic heterocycles. The molecule has 0 saturated carbocycles. The smallest absolute Gasteiger partial charge is 0.120 e. The number of nitriles is 1. The summed E-state index contributed by atoms with van der Waals surface area (Å²) in [6.45, 7) is 9.14. The first-order valence-corrected chi connectivity index (χ1v) is 8.95. The number of benzene rings is 1. The molecule has 1 unspecified atom stereocenters. The molecule has 26 heavy (non-hydrogen) atoms. The first-order chi connectivity index (χ1) is 11.9. The summed E-state index contributed by atoms with van der Waals surface area (Å²) in [5.74, 6) is 0.928. The quantitative estimate of drug-likeness (QED) is 0.737. The van der Waals surface area contributed by atoms with Gasteiger partial charge in [0.05, 0.1) is 6.10 Å². The van der Waals surface area contributed by atoms with E-state index in [9.17, 15) is 0 Å². The van der Waals surface area contributed by atoms with Crippen molar-refractivity contribution in [3.8, 4) is 11.8 Å². The summed E-state index contributed by atoms with van der Waals surface area (Å²) in [4.78, 5) is 0. The first kappa shape index (κ1) is 22.1. The average Bonchev–Trinajstić information content (AvgIpc) is 2.86. The van der Waals surface area contributed by atoms with Crippen LogP contribution < -0.4 is 10.1 Å². The SMILES string of the molecule is Cc1c(CNC(C)CCc2ccc(OC(C)C)cc2)cc(C#N)n1C.Cl. The topological polar surface area (TPSA) is 50.0 Å². The number of hydrogen-bond acceptors (Lipinski definition) is 3. The van der Waals surface area contributed by atoms with E-state index < -0.39 is 0 Å². The molecule has 5 heteroatoms. The number of nitrogens with zero attached hydrogens (tertiary/aromatic N) is 2. The van der Waals surface area contributed by atoms with Gasteiger partial charge in [-0.2, -0.15) is 5.26 Å². The Morgan fingerprint density at radius 3 is 2.38 bits per heavy atom. The summed E-state index contributed by atoms with van der Waals surface area (Å²) in [5, 5.41) is 12.7. The van der Waals surface area contributed by atoms with Gasteiger partial charge in [0.2, 0.25) is 0 Å². The second-order valence-corrected chi connectivity index (χ2v) is 6.94. The maximum atomic E-state index is 9.11. The minimum Gasteiger partial charge on any atom is -0.491 e. The number of halogens is 1. The maximum Gasteiger partial charge on any atom is 0.120 e. The third-order valence-electron chi connectivity index (χ3n) is 4.56. The molecule has 0 amide bonds. The Kier molecular flexibility index (Phi) is 8.71. The predicted molar refractivity (Wildman–Crippen MR) is 109 cm³/mol. The van der Waals surface area contributed by atoms with Crippen LogP contribution in [0, 0.1) is 18.3 Å². The molecule has 0 spiro atoms. The molecule has 1 aromatic heterocycles. The lowest BCUT2D eigenvalue weighted by Gasteiger charge is -2.14. The molecule has 142 valence electrons. The van der Waals surface area contributed by atoms with Gasteiger partial charge < -0.3 is 14.6 Å². The molecule has 1 N–H and O–H groups in total. The van der Waals surface area contributed by atoms with Crippen LogP contribution in [0.25, 0.3) is 0 Å². The minimum atomic E-state index is 0. The molecule has 2 aromatic rings. The monoisotopic (exact) mass is 375 g/mol. The van der Waals surface area contributed by atoms with Crippen LogP contribution in [0.5, 0.6) is 5.75 Å². The second-order valence-electron chi connectivity index (χ2n) is 6.94. The maximum absolute atomic E-state index is 9.11. The van der Waals surface area contributed by atoms with Gasteiger partial charge in [-0.15, -0.1) is 12.4 Å². The van der Waals surface area contributed by atoms with Gasteiger partial charge >= 0.3 is 0 Å². The molecule has 1 aromatic carbocycles. The largest absolute Gasteiger partial charge is 0.491 e. The van der Waals surface area contributed by atoms with E-state index in [4.69, 9.17) is 10.00 Å². The van der Waals surface area contributed by atoms with Gasteiger partial charge in [-0.05, 0) is 69.9 Å². The van der Waals surface area contributed by atoms with Crippen molar-refractivity contribution in [2.45, 2.75) is 59.2 Å². The minimum absolute atomic E-state index is 0. The standard InChI is InChI=1S/C21H29N3O.ClH/c1-15(2)25-21-10-8-18(9-11-21)7-6-16(3)23-14-19-12-20(13-22)24(5)17(19)4;/h8-12,15-16,23H,6-7,14H2,1-5H3;1H. The molecule has 1 heterocycles. The van der Waals surface area contributed by atoms with Crippen molar-refractivity contribution in [1.82, 2.24) is 9.88 Å². The van der Waals surface area contributed by atoms with E-state index >= 15 is 0 Å². The Morgan fingerprint density at radius 2 is 1.85 bits per heavy atom. The van der Waals surface area contributed by atoms with Crippen molar-refractivity contribution in [2.75, 3.05) is 0 Å². The van der Waals surface area contributed by atoms with Crippen LogP contribution in [-0.4, -0.2) is 16.7 Å². The highest BCUT2D eigenvalue weighted by molar-refractivity contribution is 5.85. The molecule has 0 fully saturated rings. The Bertz CT molecular complexity index is 729. The van der Waals surface area contributed by atoms with E-state index in [1.807, 2.05) is 43.7 Å². The fourth-order valence-electron chi connectivity index (χ4n) is 2.82. The van der Waals surface area contributed by atoms with Crippen LogP contribution in [0.15, 0.2) is 30.3 Å². The summed E-state index contributed by atoms with van der Waals surface area (Å²) in [6, 6.07) is 13.0.